The van der Waals surface area contributed by atoms with E-state index in [4.69, 9.17) is 0 Å². The smallest absolute Gasteiger partial charge is 0.229 e. The number of piperidine rings is 1. The lowest BCUT2D eigenvalue weighted by atomic mass is 9.97. The van der Waals surface area contributed by atoms with Gasteiger partial charge in [-0.2, -0.15) is 5.10 Å². The van der Waals surface area contributed by atoms with Gasteiger partial charge in [-0.05, 0) is 63.9 Å². The van der Waals surface area contributed by atoms with Crippen molar-refractivity contribution in [3.8, 4) is 5.82 Å². The highest BCUT2D eigenvalue weighted by atomic mass is 16.1. The number of rotatable bonds is 4. The molecule has 7 nitrogen and oxygen atoms in total. The highest BCUT2D eigenvalue weighted by Gasteiger charge is 2.27. The van der Waals surface area contributed by atoms with Gasteiger partial charge < -0.3 is 10.2 Å². The molecule has 7 heteroatoms. The Labute approximate surface area is 170 Å². The van der Waals surface area contributed by atoms with Gasteiger partial charge in [-0.1, -0.05) is 17.7 Å². The highest BCUT2D eigenvalue weighted by Crippen LogP contribution is 2.23. The number of aryl methyl sites for hydroxylation is 3. The lowest BCUT2D eigenvalue weighted by Gasteiger charge is -2.32. The zero-order valence-corrected chi connectivity index (χ0v) is 17.1. The van der Waals surface area contributed by atoms with E-state index in [-0.39, 0.29) is 11.8 Å². The van der Waals surface area contributed by atoms with Crippen LogP contribution >= 0.6 is 0 Å². The van der Waals surface area contributed by atoms with Crippen molar-refractivity contribution in [1.29, 1.82) is 0 Å². The summed E-state index contributed by atoms with van der Waals surface area (Å²) in [4.78, 5) is 14.9. The molecule has 0 bridgehead atoms. The zero-order chi connectivity index (χ0) is 20.4. The van der Waals surface area contributed by atoms with E-state index in [0.29, 0.717) is 12.4 Å². The number of anilines is 2. The number of amides is 1. The largest absolute Gasteiger partial charge is 0.354 e. The number of hydrogen-bond acceptors (Lipinski definition) is 5. The van der Waals surface area contributed by atoms with Crippen LogP contribution in [0, 0.1) is 26.7 Å². The fourth-order valence-corrected chi connectivity index (χ4v) is 3.74. The molecule has 3 aromatic rings. The summed E-state index contributed by atoms with van der Waals surface area (Å²) in [5.41, 5.74) is 3.99. The second-order valence-electron chi connectivity index (χ2n) is 7.73. The Morgan fingerprint density at radius 2 is 1.76 bits per heavy atom. The van der Waals surface area contributed by atoms with Crippen molar-refractivity contribution in [1.82, 2.24) is 20.0 Å². The zero-order valence-electron chi connectivity index (χ0n) is 17.1. The summed E-state index contributed by atoms with van der Waals surface area (Å²) in [7, 11) is 0. The van der Waals surface area contributed by atoms with Crippen molar-refractivity contribution >= 4 is 17.4 Å². The fraction of sp³-hybridized carbons (Fsp3) is 0.364. The number of benzene rings is 1. The van der Waals surface area contributed by atoms with Gasteiger partial charge in [-0.25, -0.2) is 4.68 Å². The summed E-state index contributed by atoms with van der Waals surface area (Å²) in [6.07, 6.45) is 1.83. The first kappa shape index (κ1) is 19.1. The fourth-order valence-electron chi connectivity index (χ4n) is 3.74. The van der Waals surface area contributed by atoms with Gasteiger partial charge in [0.15, 0.2) is 11.6 Å². The van der Waals surface area contributed by atoms with Gasteiger partial charge in [0.25, 0.3) is 0 Å². The first-order valence-corrected chi connectivity index (χ1v) is 9.99. The molecule has 1 atom stereocenters. The Morgan fingerprint density at radius 1 is 1.03 bits per heavy atom. The lowest BCUT2D eigenvalue weighted by molar-refractivity contribution is -0.120. The highest BCUT2D eigenvalue weighted by molar-refractivity contribution is 5.93. The first-order valence-electron chi connectivity index (χ1n) is 9.99. The van der Waals surface area contributed by atoms with Gasteiger partial charge in [0.1, 0.15) is 0 Å². The van der Waals surface area contributed by atoms with E-state index < -0.39 is 0 Å². The third-order valence-electron chi connectivity index (χ3n) is 5.30. The summed E-state index contributed by atoms with van der Waals surface area (Å²) in [6.45, 7) is 7.51. The monoisotopic (exact) mass is 390 g/mol. The minimum absolute atomic E-state index is 0.0609. The number of carbonyl (C=O) groups is 1. The van der Waals surface area contributed by atoms with Crippen LogP contribution in [0.5, 0.6) is 0 Å². The molecule has 1 N–H and O–H groups in total. The average Bonchev–Trinajstić information content (AvgIpc) is 3.08. The van der Waals surface area contributed by atoms with Crippen LogP contribution in [0.15, 0.2) is 42.5 Å². The predicted molar refractivity (Wildman–Crippen MR) is 113 cm³/mol. The van der Waals surface area contributed by atoms with Crippen LogP contribution in [0.3, 0.4) is 0 Å². The molecule has 150 valence electrons. The molecule has 0 aliphatic carbocycles. The maximum Gasteiger partial charge on any atom is 0.229 e. The average molecular weight is 390 g/mol. The second kappa shape index (κ2) is 8.03. The van der Waals surface area contributed by atoms with Crippen molar-refractivity contribution in [2.24, 2.45) is 5.92 Å². The van der Waals surface area contributed by atoms with Crippen LogP contribution in [-0.2, 0) is 4.79 Å². The van der Waals surface area contributed by atoms with Crippen LogP contribution in [0.4, 0.5) is 11.5 Å². The SMILES string of the molecule is Cc1ccc(NC(=O)C2CCCN(c3ccc(-n4nc(C)cc4C)nn3)C2)cc1. The standard InChI is InChI=1S/C22H26N6O/c1-15-6-8-19(9-7-15)23-22(29)18-5-4-12-27(14-18)20-10-11-21(25-24-20)28-17(3)13-16(2)26-28/h6-11,13,18H,4-5,12,14H2,1-3H3,(H,23,29). The molecule has 0 spiro atoms. The topological polar surface area (TPSA) is 75.9 Å². The van der Waals surface area contributed by atoms with E-state index in [9.17, 15) is 4.79 Å². The molecular weight excluding hydrogens is 364 g/mol. The molecule has 1 fully saturated rings. The van der Waals surface area contributed by atoms with Gasteiger partial charge in [0.05, 0.1) is 11.6 Å². The Bertz CT molecular complexity index is 993. The summed E-state index contributed by atoms with van der Waals surface area (Å²) in [5.74, 6) is 1.49. The molecule has 0 saturated carbocycles. The van der Waals surface area contributed by atoms with E-state index >= 15 is 0 Å². The summed E-state index contributed by atoms with van der Waals surface area (Å²) < 4.78 is 1.79. The van der Waals surface area contributed by atoms with Gasteiger partial charge in [0.2, 0.25) is 5.91 Å². The van der Waals surface area contributed by atoms with Crippen molar-refractivity contribution in [3.63, 3.8) is 0 Å². The van der Waals surface area contributed by atoms with E-state index in [1.807, 2.05) is 63.2 Å². The minimum Gasteiger partial charge on any atom is -0.354 e. The van der Waals surface area contributed by atoms with Crippen molar-refractivity contribution in [2.45, 2.75) is 33.6 Å². The van der Waals surface area contributed by atoms with E-state index in [2.05, 4.69) is 25.5 Å². The number of hydrogen-bond donors (Lipinski definition) is 1. The van der Waals surface area contributed by atoms with Crippen LogP contribution in [0.25, 0.3) is 5.82 Å². The van der Waals surface area contributed by atoms with E-state index in [1.54, 1.807) is 4.68 Å². The number of nitrogens with zero attached hydrogens (tertiary/aromatic N) is 5. The molecule has 1 aliphatic rings. The molecule has 4 rings (SSSR count). The minimum atomic E-state index is -0.0671. The second-order valence-corrected chi connectivity index (χ2v) is 7.73. The van der Waals surface area contributed by atoms with Gasteiger partial charge in [-0.15, -0.1) is 10.2 Å². The molecule has 3 heterocycles. The molecule has 2 aromatic heterocycles. The summed E-state index contributed by atoms with van der Waals surface area (Å²) in [5, 5.41) is 16.2. The van der Waals surface area contributed by atoms with Crippen molar-refractivity contribution in [3.05, 3.63) is 59.4 Å². The van der Waals surface area contributed by atoms with Crippen molar-refractivity contribution < 1.29 is 4.79 Å². The molecule has 1 amide bonds. The van der Waals surface area contributed by atoms with Gasteiger partial charge in [0, 0.05) is 24.5 Å². The summed E-state index contributed by atoms with van der Waals surface area (Å²) in [6, 6.07) is 13.8. The number of aromatic nitrogens is 4. The molecule has 1 saturated heterocycles. The third kappa shape index (κ3) is 4.29. The molecular formula is C22H26N6O. The Kier molecular flexibility index (Phi) is 5.29. The molecule has 29 heavy (non-hydrogen) atoms. The van der Waals surface area contributed by atoms with E-state index in [1.165, 1.54) is 5.56 Å². The Balaban J connectivity index is 1.43. The first-order chi connectivity index (χ1) is 14.0. The lowest BCUT2D eigenvalue weighted by Crippen LogP contribution is -2.41. The normalized spacial score (nSPS) is 16.7. The van der Waals surface area contributed by atoms with Crippen LogP contribution in [-0.4, -0.2) is 39.0 Å². The number of nitrogens with one attached hydrogen (secondary N) is 1. The van der Waals surface area contributed by atoms with Gasteiger partial charge in [-0.3, -0.25) is 4.79 Å². The third-order valence-corrected chi connectivity index (χ3v) is 5.30. The van der Waals surface area contributed by atoms with Crippen LogP contribution in [0.1, 0.15) is 29.8 Å². The summed E-state index contributed by atoms with van der Waals surface area (Å²) >= 11 is 0. The molecule has 1 aromatic carbocycles. The quantitative estimate of drug-likeness (QED) is 0.738. The molecule has 1 unspecified atom stereocenters. The maximum atomic E-state index is 12.7. The van der Waals surface area contributed by atoms with Crippen LogP contribution < -0.4 is 10.2 Å². The van der Waals surface area contributed by atoms with E-state index in [0.717, 1.165) is 42.3 Å². The molecule has 0 radical (unpaired) electrons. The van der Waals surface area contributed by atoms with Gasteiger partial charge >= 0.3 is 0 Å². The predicted octanol–water partition coefficient (Wildman–Crippen LogP) is 3.44. The Morgan fingerprint density at radius 3 is 2.41 bits per heavy atom. The van der Waals surface area contributed by atoms with Crippen LogP contribution in [0.2, 0.25) is 0 Å². The molecule has 1 aliphatic heterocycles. The van der Waals surface area contributed by atoms with Crippen molar-refractivity contribution in [2.75, 3.05) is 23.3 Å². The Hall–Kier alpha value is -3.22. The maximum absolute atomic E-state index is 12.7. The number of carbonyl (C=O) groups excluding carboxylic acids is 1.